The van der Waals surface area contributed by atoms with E-state index in [9.17, 15) is 4.79 Å². The molecule has 0 aromatic heterocycles. The standard InChI is InChI=1S/C11H22N2O2/c1-2-3-8-13-9-4-6-11(12,7-5-9)10(14)15/h9,13H,2-8,12H2,1H3,(H,14,15). The van der Waals surface area contributed by atoms with Crippen molar-refractivity contribution in [2.75, 3.05) is 6.54 Å². The van der Waals surface area contributed by atoms with Gasteiger partial charge < -0.3 is 16.2 Å². The molecule has 0 aromatic carbocycles. The number of rotatable bonds is 5. The second-order valence-electron chi connectivity index (χ2n) is 4.54. The Morgan fingerprint density at radius 3 is 2.60 bits per heavy atom. The number of unbranched alkanes of at least 4 members (excludes halogenated alkanes) is 1. The molecule has 0 bridgehead atoms. The molecule has 88 valence electrons. The number of aliphatic carboxylic acids is 1. The normalized spacial score (nSPS) is 31.5. The summed E-state index contributed by atoms with van der Waals surface area (Å²) in [6.07, 6.45) is 5.32. The Labute approximate surface area is 91.2 Å². The van der Waals surface area contributed by atoms with Crippen LogP contribution in [0, 0.1) is 0 Å². The van der Waals surface area contributed by atoms with E-state index < -0.39 is 11.5 Å². The molecule has 0 aromatic rings. The summed E-state index contributed by atoms with van der Waals surface area (Å²) in [7, 11) is 0. The molecule has 0 heterocycles. The van der Waals surface area contributed by atoms with Crippen LogP contribution in [0.3, 0.4) is 0 Å². The maximum atomic E-state index is 10.9. The van der Waals surface area contributed by atoms with E-state index in [-0.39, 0.29) is 0 Å². The highest BCUT2D eigenvalue weighted by Gasteiger charge is 2.37. The zero-order valence-electron chi connectivity index (χ0n) is 9.46. The van der Waals surface area contributed by atoms with Crippen LogP contribution in [0.4, 0.5) is 0 Å². The van der Waals surface area contributed by atoms with Gasteiger partial charge in [-0.3, -0.25) is 4.79 Å². The molecule has 0 aliphatic heterocycles. The molecule has 0 saturated heterocycles. The molecule has 4 nitrogen and oxygen atoms in total. The lowest BCUT2D eigenvalue weighted by atomic mass is 9.80. The first kappa shape index (κ1) is 12.5. The Bertz CT molecular complexity index is 211. The lowest BCUT2D eigenvalue weighted by Gasteiger charge is -2.34. The lowest BCUT2D eigenvalue weighted by molar-refractivity contribution is -0.144. The fraction of sp³-hybridized carbons (Fsp3) is 0.909. The van der Waals surface area contributed by atoms with E-state index in [4.69, 9.17) is 10.8 Å². The third-order valence-corrected chi connectivity index (χ3v) is 3.27. The van der Waals surface area contributed by atoms with Crippen molar-refractivity contribution in [2.24, 2.45) is 5.73 Å². The SMILES string of the molecule is CCCCNC1CCC(N)(C(=O)O)CC1. The van der Waals surface area contributed by atoms with Crippen LogP contribution in [0.1, 0.15) is 45.4 Å². The highest BCUT2D eigenvalue weighted by molar-refractivity contribution is 5.78. The summed E-state index contributed by atoms with van der Waals surface area (Å²) in [4.78, 5) is 10.9. The van der Waals surface area contributed by atoms with Gasteiger partial charge in [-0.15, -0.1) is 0 Å². The molecule has 0 radical (unpaired) electrons. The van der Waals surface area contributed by atoms with Crippen molar-refractivity contribution in [3.05, 3.63) is 0 Å². The van der Waals surface area contributed by atoms with Crippen molar-refractivity contribution < 1.29 is 9.90 Å². The molecule has 0 unspecified atom stereocenters. The third-order valence-electron chi connectivity index (χ3n) is 3.27. The van der Waals surface area contributed by atoms with E-state index >= 15 is 0 Å². The summed E-state index contributed by atoms with van der Waals surface area (Å²) < 4.78 is 0. The van der Waals surface area contributed by atoms with E-state index in [1.54, 1.807) is 0 Å². The van der Waals surface area contributed by atoms with Crippen LogP contribution in [-0.2, 0) is 4.79 Å². The lowest BCUT2D eigenvalue weighted by Crippen LogP contribution is -2.53. The monoisotopic (exact) mass is 214 g/mol. The molecule has 4 N–H and O–H groups in total. The molecule has 4 heteroatoms. The number of carbonyl (C=O) groups is 1. The van der Waals surface area contributed by atoms with Crippen LogP contribution in [0.5, 0.6) is 0 Å². The van der Waals surface area contributed by atoms with E-state index in [1.807, 2.05) is 0 Å². The van der Waals surface area contributed by atoms with Gasteiger partial charge >= 0.3 is 5.97 Å². The smallest absolute Gasteiger partial charge is 0.323 e. The number of carboxylic acid groups (broad SMARTS) is 1. The van der Waals surface area contributed by atoms with Gasteiger partial charge in [0.05, 0.1) is 0 Å². The van der Waals surface area contributed by atoms with Gasteiger partial charge in [0.15, 0.2) is 0 Å². The first-order chi connectivity index (χ1) is 7.08. The van der Waals surface area contributed by atoms with E-state index in [0.717, 1.165) is 19.4 Å². The largest absolute Gasteiger partial charge is 0.480 e. The molecular formula is C11H22N2O2. The Hall–Kier alpha value is -0.610. The minimum atomic E-state index is -0.969. The van der Waals surface area contributed by atoms with Gasteiger partial charge in [0.2, 0.25) is 0 Å². The Morgan fingerprint density at radius 2 is 2.13 bits per heavy atom. The summed E-state index contributed by atoms with van der Waals surface area (Å²) in [6.45, 7) is 3.20. The maximum absolute atomic E-state index is 10.9. The quantitative estimate of drug-likeness (QED) is 0.599. The summed E-state index contributed by atoms with van der Waals surface area (Å²) >= 11 is 0. The average Bonchev–Trinajstić information content (AvgIpc) is 2.21. The van der Waals surface area contributed by atoms with Crippen LogP contribution in [0.2, 0.25) is 0 Å². The van der Waals surface area contributed by atoms with E-state index in [1.165, 1.54) is 12.8 Å². The van der Waals surface area contributed by atoms with Crippen LogP contribution in [-0.4, -0.2) is 29.2 Å². The van der Waals surface area contributed by atoms with Gasteiger partial charge in [0.1, 0.15) is 5.54 Å². The van der Waals surface area contributed by atoms with E-state index in [2.05, 4.69) is 12.2 Å². The van der Waals surface area contributed by atoms with Gasteiger partial charge in [0, 0.05) is 6.04 Å². The van der Waals surface area contributed by atoms with Gasteiger partial charge in [-0.2, -0.15) is 0 Å². The molecule has 1 rings (SSSR count). The minimum absolute atomic E-state index is 0.465. The van der Waals surface area contributed by atoms with Gasteiger partial charge in [-0.25, -0.2) is 0 Å². The summed E-state index contributed by atoms with van der Waals surface area (Å²) in [5, 5.41) is 12.4. The zero-order chi connectivity index (χ0) is 11.3. The predicted molar refractivity (Wildman–Crippen MR) is 59.7 cm³/mol. The molecule has 1 saturated carbocycles. The number of nitrogens with two attached hydrogens (primary N) is 1. The summed E-state index contributed by atoms with van der Waals surface area (Å²) in [6, 6.07) is 0.465. The van der Waals surface area contributed by atoms with Crippen molar-refractivity contribution in [3.63, 3.8) is 0 Å². The Morgan fingerprint density at radius 1 is 1.53 bits per heavy atom. The fourth-order valence-electron chi connectivity index (χ4n) is 2.03. The topological polar surface area (TPSA) is 75.3 Å². The first-order valence-electron chi connectivity index (χ1n) is 5.84. The molecule has 1 fully saturated rings. The second-order valence-corrected chi connectivity index (χ2v) is 4.54. The second kappa shape index (κ2) is 5.47. The van der Waals surface area contributed by atoms with Gasteiger partial charge in [-0.05, 0) is 38.6 Å². The molecule has 1 aliphatic rings. The van der Waals surface area contributed by atoms with Gasteiger partial charge in [-0.1, -0.05) is 13.3 Å². The first-order valence-corrected chi connectivity index (χ1v) is 5.84. The molecule has 1 aliphatic carbocycles. The molecular weight excluding hydrogens is 192 g/mol. The summed E-state index contributed by atoms with van der Waals surface area (Å²) in [5.74, 6) is -0.852. The number of hydrogen-bond acceptors (Lipinski definition) is 3. The molecule has 0 amide bonds. The van der Waals surface area contributed by atoms with Crippen LogP contribution >= 0.6 is 0 Å². The predicted octanol–water partition coefficient (Wildman–Crippen LogP) is 1.10. The van der Waals surface area contributed by atoms with Crippen molar-refractivity contribution in [1.29, 1.82) is 0 Å². The molecule has 0 atom stereocenters. The van der Waals surface area contributed by atoms with Crippen molar-refractivity contribution in [3.8, 4) is 0 Å². The summed E-state index contributed by atoms with van der Waals surface area (Å²) in [5.41, 5.74) is 4.82. The van der Waals surface area contributed by atoms with Crippen LogP contribution in [0.25, 0.3) is 0 Å². The minimum Gasteiger partial charge on any atom is -0.480 e. The third kappa shape index (κ3) is 3.47. The highest BCUT2D eigenvalue weighted by atomic mass is 16.4. The number of hydrogen-bond donors (Lipinski definition) is 3. The van der Waals surface area contributed by atoms with Crippen molar-refractivity contribution in [2.45, 2.75) is 57.0 Å². The number of nitrogens with one attached hydrogen (secondary N) is 1. The van der Waals surface area contributed by atoms with Crippen LogP contribution in [0.15, 0.2) is 0 Å². The fourth-order valence-corrected chi connectivity index (χ4v) is 2.03. The van der Waals surface area contributed by atoms with Gasteiger partial charge in [0.25, 0.3) is 0 Å². The molecule has 15 heavy (non-hydrogen) atoms. The average molecular weight is 214 g/mol. The Kier molecular flexibility index (Phi) is 4.54. The van der Waals surface area contributed by atoms with Crippen LogP contribution < -0.4 is 11.1 Å². The zero-order valence-corrected chi connectivity index (χ0v) is 9.46. The van der Waals surface area contributed by atoms with Crippen molar-refractivity contribution >= 4 is 5.97 Å². The number of carboxylic acids is 1. The molecule has 0 spiro atoms. The van der Waals surface area contributed by atoms with E-state index in [0.29, 0.717) is 18.9 Å². The Balaban J connectivity index is 2.26. The van der Waals surface area contributed by atoms with Crippen molar-refractivity contribution in [1.82, 2.24) is 5.32 Å². The highest BCUT2D eigenvalue weighted by Crippen LogP contribution is 2.26. The maximum Gasteiger partial charge on any atom is 0.323 e.